The predicted molar refractivity (Wildman–Crippen MR) is 85.9 cm³/mol. The molecule has 1 aliphatic rings. The van der Waals surface area contributed by atoms with Crippen LogP contribution in [0.5, 0.6) is 0 Å². The molecule has 4 heteroatoms. The molecule has 0 saturated carbocycles. The Morgan fingerprint density at radius 1 is 1.15 bits per heavy atom. The first-order valence-corrected chi connectivity index (χ1v) is 7.87. The van der Waals surface area contributed by atoms with Crippen molar-refractivity contribution >= 4 is 23.2 Å². The van der Waals surface area contributed by atoms with Gasteiger partial charge in [0.2, 0.25) is 0 Å². The fraction of sp³-hybridized carbons (Fsp3) is 0.625. The maximum atomic E-state index is 6.45. The maximum absolute atomic E-state index is 6.45. The van der Waals surface area contributed by atoms with Gasteiger partial charge in [-0.2, -0.15) is 0 Å². The first-order valence-electron chi connectivity index (χ1n) is 7.11. The molecular weight excluding hydrogens is 293 g/mol. The lowest BCUT2D eigenvalue weighted by Crippen LogP contribution is -2.48. The van der Waals surface area contributed by atoms with Crippen LogP contribution in [-0.2, 0) is 10.2 Å². The Balaban J connectivity index is 2.36. The largest absolute Gasteiger partial charge is 0.381 e. The molecule has 0 bridgehead atoms. The van der Waals surface area contributed by atoms with Gasteiger partial charge in [-0.15, -0.1) is 0 Å². The van der Waals surface area contributed by atoms with Gasteiger partial charge in [0, 0.05) is 40.8 Å². The quantitative estimate of drug-likeness (QED) is 0.891. The van der Waals surface area contributed by atoms with Crippen molar-refractivity contribution in [2.24, 2.45) is 0 Å². The van der Waals surface area contributed by atoms with E-state index < -0.39 is 0 Å². The molecular formula is C16H23Cl2NO. The summed E-state index contributed by atoms with van der Waals surface area (Å²) in [5, 5.41) is 5.13. The molecule has 1 aromatic rings. The van der Waals surface area contributed by atoms with Crippen molar-refractivity contribution in [3.8, 4) is 0 Å². The number of rotatable bonds is 3. The van der Waals surface area contributed by atoms with E-state index in [1.807, 2.05) is 18.2 Å². The van der Waals surface area contributed by atoms with Crippen LogP contribution in [0.3, 0.4) is 0 Å². The van der Waals surface area contributed by atoms with Crippen LogP contribution in [0.15, 0.2) is 18.2 Å². The Kier molecular flexibility index (Phi) is 5.01. The smallest absolute Gasteiger partial charge is 0.0475 e. The van der Waals surface area contributed by atoms with Gasteiger partial charge in [-0.3, -0.25) is 0 Å². The lowest BCUT2D eigenvalue weighted by molar-refractivity contribution is 0.0477. The third-order valence-corrected chi connectivity index (χ3v) is 4.53. The summed E-state index contributed by atoms with van der Waals surface area (Å²) in [6, 6.07) is 5.76. The molecule has 1 N–H and O–H groups in total. The van der Waals surface area contributed by atoms with Gasteiger partial charge in [0.05, 0.1) is 0 Å². The standard InChI is InChI=1S/C16H23Cl2NO/c1-15(2,3)19-11-16(7-9-20-10-8-16)14-12(17)5-4-6-13(14)18/h4-6,19H,7-11H2,1-3H3. The highest BCUT2D eigenvalue weighted by atomic mass is 35.5. The van der Waals surface area contributed by atoms with Crippen molar-refractivity contribution in [2.45, 2.75) is 44.6 Å². The highest BCUT2D eigenvalue weighted by Crippen LogP contribution is 2.42. The van der Waals surface area contributed by atoms with Crippen LogP contribution in [0, 0.1) is 0 Å². The van der Waals surface area contributed by atoms with E-state index in [1.165, 1.54) is 0 Å². The highest BCUT2D eigenvalue weighted by Gasteiger charge is 2.38. The van der Waals surface area contributed by atoms with Gasteiger partial charge in [0.15, 0.2) is 0 Å². The van der Waals surface area contributed by atoms with Gasteiger partial charge in [-0.25, -0.2) is 0 Å². The zero-order valence-corrected chi connectivity index (χ0v) is 13.9. The van der Waals surface area contributed by atoms with E-state index in [9.17, 15) is 0 Å². The highest BCUT2D eigenvalue weighted by molar-refractivity contribution is 6.36. The molecule has 0 spiro atoms. The van der Waals surface area contributed by atoms with Crippen molar-refractivity contribution in [3.63, 3.8) is 0 Å². The molecule has 0 aromatic heterocycles. The number of nitrogens with one attached hydrogen (secondary N) is 1. The zero-order valence-electron chi connectivity index (χ0n) is 12.4. The van der Waals surface area contributed by atoms with Crippen molar-refractivity contribution in [1.82, 2.24) is 5.32 Å². The minimum Gasteiger partial charge on any atom is -0.381 e. The molecule has 0 radical (unpaired) electrons. The fourth-order valence-corrected chi connectivity index (χ4v) is 3.51. The van der Waals surface area contributed by atoms with Crippen LogP contribution >= 0.6 is 23.2 Å². The monoisotopic (exact) mass is 315 g/mol. The minimum absolute atomic E-state index is 0.0407. The van der Waals surface area contributed by atoms with E-state index in [-0.39, 0.29) is 11.0 Å². The number of ether oxygens (including phenoxy) is 1. The molecule has 2 rings (SSSR count). The fourth-order valence-electron chi connectivity index (χ4n) is 2.72. The molecule has 1 saturated heterocycles. The van der Waals surface area contributed by atoms with Gasteiger partial charge in [-0.1, -0.05) is 29.3 Å². The van der Waals surface area contributed by atoms with Gasteiger partial charge in [-0.05, 0) is 51.3 Å². The van der Waals surface area contributed by atoms with E-state index >= 15 is 0 Å². The Bertz CT molecular complexity index is 442. The second-order valence-corrected chi connectivity index (χ2v) is 7.41. The van der Waals surface area contributed by atoms with E-state index in [2.05, 4.69) is 26.1 Å². The third-order valence-electron chi connectivity index (χ3n) is 3.90. The molecule has 2 nitrogen and oxygen atoms in total. The SMILES string of the molecule is CC(C)(C)NCC1(c2c(Cl)cccc2Cl)CCOCC1. The van der Waals surface area contributed by atoms with Crippen molar-refractivity contribution in [3.05, 3.63) is 33.8 Å². The molecule has 1 fully saturated rings. The summed E-state index contributed by atoms with van der Waals surface area (Å²) in [4.78, 5) is 0. The maximum Gasteiger partial charge on any atom is 0.0475 e. The molecule has 0 aliphatic carbocycles. The molecule has 0 amide bonds. The predicted octanol–water partition coefficient (Wildman–Crippen LogP) is 4.43. The molecule has 1 aliphatic heterocycles. The van der Waals surface area contributed by atoms with Crippen LogP contribution < -0.4 is 5.32 Å². The second kappa shape index (κ2) is 6.23. The molecule has 112 valence electrons. The third kappa shape index (κ3) is 3.67. The molecule has 1 aromatic carbocycles. The summed E-state index contributed by atoms with van der Waals surface area (Å²) in [7, 11) is 0. The van der Waals surface area contributed by atoms with E-state index in [0.717, 1.165) is 48.2 Å². The summed E-state index contributed by atoms with van der Waals surface area (Å²) >= 11 is 12.9. The molecule has 0 atom stereocenters. The minimum atomic E-state index is -0.0407. The molecule has 0 unspecified atom stereocenters. The van der Waals surface area contributed by atoms with Gasteiger partial charge in [0.25, 0.3) is 0 Å². The van der Waals surface area contributed by atoms with Crippen LogP contribution in [0.1, 0.15) is 39.2 Å². The summed E-state index contributed by atoms with van der Waals surface area (Å²) < 4.78 is 5.54. The summed E-state index contributed by atoms with van der Waals surface area (Å²) in [6.45, 7) is 8.90. The van der Waals surface area contributed by atoms with Gasteiger partial charge >= 0.3 is 0 Å². The van der Waals surface area contributed by atoms with Gasteiger partial charge in [0.1, 0.15) is 0 Å². The number of hydrogen-bond acceptors (Lipinski definition) is 2. The van der Waals surface area contributed by atoms with E-state index in [1.54, 1.807) is 0 Å². The van der Waals surface area contributed by atoms with E-state index in [4.69, 9.17) is 27.9 Å². The average molecular weight is 316 g/mol. The number of hydrogen-bond donors (Lipinski definition) is 1. The number of halogens is 2. The average Bonchev–Trinajstić information content (AvgIpc) is 2.37. The van der Waals surface area contributed by atoms with Gasteiger partial charge < -0.3 is 10.1 Å². The molecule has 20 heavy (non-hydrogen) atoms. The Hall–Kier alpha value is -0.280. The molecule has 1 heterocycles. The Morgan fingerprint density at radius 2 is 1.70 bits per heavy atom. The van der Waals surface area contributed by atoms with Crippen LogP contribution in [0.25, 0.3) is 0 Å². The number of benzene rings is 1. The Morgan fingerprint density at radius 3 is 2.20 bits per heavy atom. The topological polar surface area (TPSA) is 21.3 Å². The first-order chi connectivity index (χ1) is 9.34. The van der Waals surface area contributed by atoms with Crippen molar-refractivity contribution < 1.29 is 4.74 Å². The summed E-state index contributed by atoms with van der Waals surface area (Å²) in [5.74, 6) is 0. The van der Waals surface area contributed by atoms with Crippen molar-refractivity contribution in [1.29, 1.82) is 0 Å². The zero-order chi connectivity index (χ0) is 14.8. The Labute approximate surface area is 131 Å². The lowest BCUT2D eigenvalue weighted by Gasteiger charge is -2.41. The van der Waals surface area contributed by atoms with Crippen LogP contribution in [-0.4, -0.2) is 25.3 Å². The normalized spacial score (nSPS) is 19.1. The summed E-state index contributed by atoms with van der Waals surface area (Å²) in [5.41, 5.74) is 1.10. The van der Waals surface area contributed by atoms with Crippen LogP contribution in [0.2, 0.25) is 10.0 Å². The lowest BCUT2D eigenvalue weighted by atomic mass is 9.73. The van der Waals surface area contributed by atoms with Crippen molar-refractivity contribution in [2.75, 3.05) is 19.8 Å². The second-order valence-electron chi connectivity index (χ2n) is 6.59. The summed E-state index contributed by atoms with van der Waals surface area (Å²) in [6.07, 6.45) is 1.89. The van der Waals surface area contributed by atoms with Crippen LogP contribution in [0.4, 0.5) is 0 Å². The first kappa shape index (κ1) is 16.1. The van der Waals surface area contributed by atoms with E-state index in [0.29, 0.717) is 0 Å².